The lowest BCUT2D eigenvalue weighted by atomic mass is 10.1. The van der Waals surface area contributed by atoms with Crippen molar-refractivity contribution in [3.05, 3.63) is 53.6 Å². The van der Waals surface area contributed by atoms with E-state index in [9.17, 15) is 18.0 Å². The molecule has 0 aliphatic carbocycles. The van der Waals surface area contributed by atoms with Crippen LogP contribution in [0.4, 0.5) is 10.5 Å². The Balaban J connectivity index is 1.77. The van der Waals surface area contributed by atoms with E-state index in [1.54, 1.807) is 6.07 Å². The van der Waals surface area contributed by atoms with Gasteiger partial charge in [0.1, 0.15) is 5.75 Å². The molecule has 2 aromatic rings. The fraction of sp³-hybridized carbons (Fsp3) is 0.176. The van der Waals surface area contributed by atoms with Crippen LogP contribution in [-0.4, -0.2) is 27.0 Å². The number of hydrogen-bond acceptors (Lipinski definition) is 5. The first-order chi connectivity index (χ1) is 12.6. The van der Waals surface area contributed by atoms with Gasteiger partial charge in [-0.05, 0) is 61.4 Å². The monoisotopic (exact) mass is 392 g/mol. The molecule has 2 aromatic carbocycles. The molecule has 0 saturated carbocycles. The first-order valence-corrected chi connectivity index (χ1v) is 9.38. The number of carbonyl (C=O) groups excluding carboxylic acids is 2. The number of sulfonamides is 1. The van der Waals surface area contributed by atoms with E-state index in [0.29, 0.717) is 11.4 Å². The third-order valence-corrected chi connectivity index (χ3v) is 4.53. The highest BCUT2D eigenvalue weighted by Gasteiger charge is 2.09. The van der Waals surface area contributed by atoms with Crippen molar-refractivity contribution in [2.45, 2.75) is 18.7 Å². The molecule has 144 valence electrons. The zero-order chi connectivity index (χ0) is 20.0. The summed E-state index contributed by atoms with van der Waals surface area (Å²) in [5, 5.41) is 7.41. The normalized spacial score (nSPS) is 10.8. The summed E-state index contributed by atoms with van der Waals surface area (Å²) in [5.41, 5.74) is 6.83. The number of rotatable bonds is 5. The maximum absolute atomic E-state index is 11.7. The minimum absolute atomic E-state index is 0.0785. The summed E-state index contributed by atoms with van der Waals surface area (Å²) in [7, 11) is -3.80. The van der Waals surface area contributed by atoms with Gasteiger partial charge in [-0.15, -0.1) is 0 Å². The van der Waals surface area contributed by atoms with Crippen molar-refractivity contribution >= 4 is 27.6 Å². The van der Waals surface area contributed by atoms with Crippen LogP contribution in [0.5, 0.6) is 5.75 Å². The molecule has 0 aromatic heterocycles. The van der Waals surface area contributed by atoms with Gasteiger partial charge in [0, 0.05) is 5.69 Å². The van der Waals surface area contributed by atoms with E-state index in [1.807, 2.05) is 26.0 Å². The molecule has 2 rings (SSSR count). The summed E-state index contributed by atoms with van der Waals surface area (Å²) in [4.78, 5) is 23.4. The summed E-state index contributed by atoms with van der Waals surface area (Å²) >= 11 is 0. The molecule has 10 heteroatoms. The molecule has 0 aliphatic rings. The maximum Gasteiger partial charge on any atom is 0.337 e. The Hall–Kier alpha value is -3.11. The second-order valence-corrected chi connectivity index (χ2v) is 7.29. The number of hydrazine groups is 1. The third-order valence-electron chi connectivity index (χ3n) is 3.60. The molecule has 0 heterocycles. The van der Waals surface area contributed by atoms with E-state index >= 15 is 0 Å². The zero-order valence-electron chi connectivity index (χ0n) is 14.8. The summed E-state index contributed by atoms with van der Waals surface area (Å²) < 4.78 is 27.7. The van der Waals surface area contributed by atoms with E-state index in [1.165, 1.54) is 24.3 Å². The number of nitrogens with one attached hydrogen (secondary N) is 3. The molecule has 27 heavy (non-hydrogen) atoms. The number of ether oxygens (including phenoxy) is 1. The van der Waals surface area contributed by atoms with Crippen LogP contribution >= 0.6 is 0 Å². The number of anilines is 1. The molecule has 0 radical (unpaired) electrons. The second kappa shape index (κ2) is 8.52. The van der Waals surface area contributed by atoms with Gasteiger partial charge in [-0.3, -0.25) is 10.2 Å². The number of benzene rings is 2. The molecular weight excluding hydrogens is 372 g/mol. The Kier molecular flexibility index (Phi) is 6.37. The summed E-state index contributed by atoms with van der Waals surface area (Å²) in [5.74, 6) is 0.000554. The molecule has 0 fully saturated rings. The highest BCUT2D eigenvalue weighted by atomic mass is 32.2. The van der Waals surface area contributed by atoms with Gasteiger partial charge in [0.2, 0.25) is 10.0 Å². The predicted molar refractivity (Wildman–Crippen MR) is 99.5 cm³/mol. The maximum atomic E-state index is 11.7. The summed E-state index contributed by atoms with van der Waals surface area (Å²) in [6.45, 7) is 3.63. The highest BCUT2D eigenvalue weighted by Crippen LogP contribution is 2.16. The van der Waals surface area contributed by atoms with Gasteiger partial charge >= 0.3 is 6.03 Å². The molecule has 0 aliphatic heterocycles. The van der Waals surface area contributed by atoms with Crippen LogP contribution in [0.25, 0.3) is 0 Å². The Labute approximate surface area is 156 Å². The van der Waals surface area contributed by atoms with Crippen LogP contribution in [0.3, 0.4) is 0 Å². The fourth-order valence-electron chi connectivity index (χ4n) is 2.01. The first-order valence-electron chi connectivity index (χ1n) is 7.84. The zero-order valence-corrected chi connectivity index (χ0v) is 15.6. The van der Waals surface area contributed by atoms with E-state index in [2.05, 4.69) is 16.2 Å². The van der Waals surface area contributed by atoms with Crippen LogP contribution in [-0.2, 0) is 14.8 Å². The molecule has 5 N–H and O–H groups in total. The molecular formula is C17H20N4O5S. The Bertz CT molecular complexity index is 942. The van der Waals surface area contributed by atoms with Crippen molar-refractivity contribution in [3.63, 3.8) is 0 Å². The predicted octanol–water partition coefficient (Wildman–Crippen LogP) is 1.18. The Morgan fingerprint density at radius 2 is 1.67 bits per heavy atom. The van der Waals surface area contributed by atoms with E-state index in [0.717, 1.165) is 11.1 Å². The topological polar surface area (TPSA) is 140 Å². The summed E-state index contributed by atoms with van der Waals surface area (Å²) in [6, 6.07) is 9.97. The molecule has 9 nitrogen and oxygen atoms in total. The average Bonchev–Trinajstić information content (AvgIpc) is 2.60. The largest absolute Gasteiger partial charge is 0.484 e. The van der Waals surface area contributed by atoms with Crippen LogP contribution in [0.15, 0.2) is 47.4 Å². The molecule has 0 bridgehead atoms. The van der Waals surface area contributed by atoms with Crippen LogP contribution in [0.2, 0.25) is 0 Å². The molecule has 3 amide bonds. The Morgan fingerprint density at radius 3 is 2.26 bits per heavy atom. The van der Waals surface area contributed by atoms with Crippen LogP contribution in [0.1, 0.15) is 11.1 Å². The van der Waals surface area contributed by atoms with Crippen molar-refractivity contribution < 1.29 is 22.7 Å². The lowest BCUT2D eigenvalue weighted by molar-refractivity contribution is -0.123. The number of primary sulfonamides is 1. The highest BCUT2D eigenvalue weighted by molar-refractivity contribution is 7.89. The van der Waals surface area contributed by atoms with Gasteiger partial charge in [-0.1, -0.05) is 6.07 Å². The van der Waals surface area contributed by atoms with Gasteiger partial charge in [0.15, 0.2) is 6.61 Å². The quantitative estimate of drug-likeness (QED) is 0.566. The van der Waals surface area contributed by atoms with Crippen molar-refractivity contribution in [1.29, 1.82) is 0 Å². The summed E-state index contributed by atoms with van der Waals surface area (Å²) in [6.07, 6.45) is 0. The minimum atomic E-state index is -3.80. The smallest absolute Gasteiger partial charge is 0.337 e. The van der Waals surface area contributed by atoms with Gasteiger partial charge in [0.25, 0.3) is 5.91 Å². The van der Waals surface area contributed by atoms with Crippen LogP contribution in [0, 0.1) is 13.8 Å². The minimum Gasteiger partial charge on any atom is -0.484 e. The van der Waals surface area contributed by atoms with Crippen molar-refractivity contribution in [2.24, 2.45) is 5.14 Å². The number of nitrogens with two attached hydrogens (primary N) is 1. The average molecular weight is 392 g/mol. The Morgan fingerprint density at radius 1 is 1.00 bits per heavy atom. The van der Waals surface area contributed by atoms with Gasteiger partial charge < -0.3 is 10.1 Å². The fourth-order valence-corrected chi connectivity index (χ4v) is 2.52. The molecule has 0 unspecified atom stereocenters. The third kappa shape index (κ3) is 6.28. The number of carbonyl (C=O) groups is 2. The number of hydrogen-bond donors (Lipinski definition) is 4. The van der Waals surface area contributed by atoms with E-state index < -0.39 is 22.0 Å². The molecule has 0 saturated heterocycles. The lowest BCUT2D eigenvalue weighted by Gasteiger charge is -2.11. The van der Waals surface area contributed by atoms with Gasteiger partial charge in [0.05, 0.1) is 4.90 Å². The van der Waals surface area contributed by atoms with Gasteiger partial charge in [-0.25, -0.2) is 23.8 Å². The van der Waals surface area contributed by atoms with E-state index in [-0.39, 0.29) is 11.5 Å². The van der Waals surface area contributed by atoms with Crippen LogP contribution < -0.4 is 26.0 Å². The number of urea groups is 1. The van der Waals surface area contributed by atoms with Gasteiger partial charge in [-0.2, -0.15) is 0 Å². The van der Waals surface area contributed by atoms with Crippen molar-refractivity contribution in [2.75, 3.05) is 11.9 Å². The SMILES string of the molecule is Cc1ccc(OCC(=O)NNC(=O)Nc2ccc(S(N)(=O)=O)cc2)cc1C. The molecule has 0 spiro atoms. The lowest BCUT2D eigenvalue weighted by Crippen LogP contribution is -2.45. The van der Waals surface area contributed by atoms with Crippen molar-refractivity contribution in [1.82, 2.24) is 10.9 Å². The van der Waals surface area contributed by atoms with E-state index in [4.69, 9.17) is 9.88 Å². The van der Waals surface area contributed by atoms with Crippen molar-refractivity contribution in [3.8, 4) is 5.75 Å². The standard InChI is InChI=1S/C17H20N4O5S/c1-11-3-6-14(9-12(11)2)26-10-16(22)20-21-17(23)19-13-4-7-15(8-5-13)27(18,24)25/h3-9H,10H2,1-2H3,(H,20,22)(H2,18,24,25)(H2,19,21,23). The molecule has 0 atom stereocenters. The number of amides is 3. The second-order valence-electron chi connectivity index (χ2n) is 5.73. The number of aryl methyl sites for hydroxylation is 2. The first kappa shape index (κ1) is 20.2.